The molecule has 0 heterocycles. The smallest absolute Gasteiger partial charge is 0.280 e. The molecule has 0 unspecified atom stereocenters. The molecule has 0 atom stereocenters. The maximum Gasteiger partial charge on any atom is 0.280 e. The summed E-state index contributed by atoms with van der Waals surface area (Å²) in [5.41, 5.74) is 1.51. The van der Waals surface area contributed by atoms with Gasteiger partial charge in [-0.25, -0.2) is 0 Å². The van der Waals surface area contributed by atoms with E-state index < -0.39 is 4.92 Å². The first kappa shape index (κ1) is 11.6. The molecule has 17 heavy (non-hydrogen) atoms. The minimum Gasteiger partial charge on any atom is -0.507 e. The highest BCUT2D eigenvalue weighted by Gasteiger charge is 2.16. The van der Waals surface area contributed by atoms with Crippen LogP contribution in [0.3, 0.4) is 0 Å². The Morgan fingerprint density at radius 1 is 1.24 bits per heavy atom. The Morgan fingerprint density at radius 2 is 1.94 bits per heavy atom. The van der Waals surface area contributed by atoms with Crippen LogP contribution in [0.15, 0.2) is 23.8 Å². The number of nitrogens with zero attached hydrogens (tertiary/aromatic N) is 1. The maximum absolute atomic E-state index is 10.9. The largest absolute Gasteiger partial charge is 0.507 e. The fraction of sp³-hybridized carbons (Fsp3) is 0.385. The van der Waals surface area contributed by atoms with E-state index in [-0.39, 0.29) is 11.4 Å². The zero-order valence-electron chi connectivity index (χ0n) is 9.56. The monoisotopic (exact) mass is 233 g/mol. The van der Waals surface area contributed by atoms with Crippen molar-refractivity contribution in [2.24, 2.45) is 0 Å². The number of hydrogen-bond donors (Lipinski definition) is 1. The first-order chi connectivity index (χ1) is 8.18. The van der Waals surface area contributed by atoms with Gasteiger partial charge in [0.1, 0.15) is 5.75 Å². The fourth-order valence-electron chi connectivity index (χ4n) is 2.20. The molecule has 0 bridgehead atoms. The summed E-state index contributed by atoms with van der Waals surface area (Å²) in [7, 11) is 0. The van der Waals surface area contributed by atoms with Gasteiger partial charge in [0.25, 0.3) is 5.69 Å². The van der Waals surface area contributed by atoms with Crippen LogP contribution in [-0.2, 0) is 0 Å². The van der Waals surface area contributed by atoms with Crippen molar-refractivity contribution in [3.05, 3.63) is 39.4 Å². The Kier molecular flexibility index (Phi) is 3.42. The van der Waals surface area contributed by atoms with Gasteiger partial charge in [0, 0.05) is 6.07 Å². The molecule has 4 heteroatoms. The molecule has 2 rings (SSSR count). The maximum atomic E-state index is 10.9. The van der Waals surface area contributed by atoms with Crippen molar-refractivity contribution in [2.45, 2.75) is 32.1 Å². The van der Waals surface area contributed by atoms with Crippen LogP contribution in [0.4, 0.5) is 5.69 Å². The van der Waals surface area contributed by atoms with Crippen LogP contribution >= 0.6 is 0 Å². The number of hydrogen-bond acceptors (Lipinski definition) is 3. The molecule has 0 saturated heterocycles. The van der Waals surface area contributed by atoms with Crippen LogP contribution in [0.2, 0.25) is 0 Å². The summed E-state index contributed by atoms with van der Waals surface area (Å²) < 4.78 is 0. The van der Waals surface area contributed by atoms with Gasteiger partial charge in [0.15, 0.2) is 0 Å². The molecular weight excluding hydrogens is 218 g/mol. The average Bonchev–Trinajstić information content (AvgIpc) is 2.33. The highest BCUT2D eigenvalue weighted by molar-refractivity contribution is 5.68. The van der Waals surface area contributed by atoms with E-state index in [0.717, 1.165) is 25.7 Å². The Morgan fingerprint density at radius 3 is 2.59 bits per heavy atom. The van der Waals surface area contributed by atoms with Crippen molar-refractivity contribution in [3.8, 4) is 5.75 Å². The fourth-order valence-corrected chi connectivity index (χ4v) is 2.20. The van der Waals surface area contributed by atoms with Gasteiger partial charge in [-0.05, 0) is 37.8 Å². The van der Waals surface area contributed by atoms with Gasteiger partial charge >= 0.3 is 0 Å². The quantitative estimate of drug-likeness (QED) is 0.626. The van der Waals surface area contributed by atoms with E-state index >= 15 is 0 Å². The van der Waals surface area contributed by atoms with Gasteiger partial charge in [-0.15, -0.1) is 0 Å². The van der Waals surface area contributed by atoms with Crippen LogP contribution < -0.4 is 0 Å². The molecule has 1 aliphatic rings. The number of benzene rings is 1. The van der Waals surface area contributed by atoms with Gasteiger partial charge in [0.05, 0.1) is 10.5 Å². The molecule has 1 N–H and O–H groups in total. The van der Waals surface area contributed by atoms with E-state index in [1.54, 1.807) is 6.08 Å². The summed E-state index contributed by atoms with van der Waals surface area (Å²) in [6.07, 6.45) is 7.23. The summed E-state index contributed by atoms with van der Waals surface area (Å²) >= 11 is 0. The second kappa shape index (κ2) is 4.99. The molecule has 0 aromatic heterocycles. The van der Waals surface area contributed by atoms with E-state index in [4.69, 9.17) is 0 Å². The van der Waals surface area contributed by atoms with Crippen molar-refractivity contribution in [1.82, 2.24) is 0 Å². The number of allylic oxidation sites excluding steroid dienone is 1. The van der Waals surface area contributed by atoms with Gasteiger partial charge in [0.2, 0.25) is 0 Å². The number of phenolic OH excluding ortho intramolecular Hbond substituents is 1. The lowest BCUT2D eigenvalue weighted by atomic mass is 9.93. The lowest BCUT2D eigenvalue weighted by Gasteiger charge is -2.13. The van der Waals surface area contributed by atoms with Crippen molar-refractivity contribution in [1.29, 1.82) is 0 Å². The molecular formula is C13H15NO3. The summed E-state index contributed by atoms with van der Waals surface area (Å²) in [5.74, 6) is -0.0164. The van der Waals surface area contributed by atoms with Gasteiger partial charge in [-0.3, -0.25) is 10.1 Å². The molecule has 0 spiro atoms. The second-order valence-corrected chi connectivity index (χ2v) is 4.33. The van der Waals surface area contributed by atoms with Crippen LogP contribution in [-0.4, -0.2) is 10.0 Å². The zero-order valence-corrected chi connectivity index (χ0v) is 9.56. The third kappa shape index (κ3) is 2.64. The molecule has 90 valence electrons. The molecule has 1 aromatic rings. The Hall–Kier alpha value is -1.84. The first-order valence-corrected chi connectivity index (χ1v) is 5.84. The zero-order chi connectivity index (χ0) is 12.3. The summed E-state index contributed by atoms with van der Waals surface area (Å²) in [6, 6.07) is 4.41. The molecule has 1 saturated carbocycles. The summed E-state index contributed by atoms with van der Waals surface area (Å²) in [5, 5.41) is 20.6. The molecule has 0 radical (unpaired) electrons. The van der Waals surface area contributed by atoms with Crippen LogP contribution in [0.25, 0.3) is 6.08 Å². The predicted molar refractivity (Wildman–Crippen MR) is 65.8 cm³/mol. The van der Waals surface area contributed by atoms with Crippen molar-refractivity contribution < 1.29 is 10.0 Å². The van der Waals surface area contributed by atoms with E-state index in [1.165, 1.54) is 30.2 Å². The number of rotatable bonds is 2. The molecule has 1 fully saturated rings. The lowest BCUT2D eigenvalue weighted by Crippen LogP contribution is -1.96. The minimum atomic E-state index is -0.449. The molecule has 1 aromatic carbocycles. The van der Waals surface area contributed by atoms with E-state index in [1.807, 2.05) is 0 Å². The number of aromatic hydroxyl groups is 1. The first-order valence-electron chi connectivity index (χ1n) is 5.84. The Balaban J connectivity index is 2.39. The van der Waals surface area contributed by atoms with Crippen LogP contribution in [0.1, 0.15) is 37.7 Å². The van der Waals surface area contributed by atoms with Crippen molar-refractivity contribution in [2.75, 3.05) is 0 Å². The Bertz CT molecular complexity index is 458. The third-order valence-electron chi connectivity index (χ3n) is 3.10. The van der Waals surface area contributed by atoms with Crippen LogP contribution in [0.5, 0.6) is 5.75 Å². The second-order valence-electron chi connectivity index (χ2n) is 4.33. The van der Waals surface area contributed by atoms with Gasteiger partial charge in [-0.2, -0.15) is 0 Å². The topological polar surface area (TPSA) is 63.4 Å². The molecule has 1 aliphatic carbocycles. The highest BCUT2D eigenvalue weighted by atomic mass is 16.6. The number of nitro benzene ring substituents is 1. The highest BCUT2D eigenvalue weighted by Crippen LogP contribution is 2.32. The lowest BCUT2D eigenvalue weighted by molar-refractivity contribution is -0.385. The van der Waals surface area contributed by atoms with Crippen molar-refractivity contribution in [3.63, 3.8) is 0 Å². The normalized spacial score (nSPS) is 15.6. The molecule has 0 aliphatic heterocycles. The minimum absolute atomic E-state index is 0.0164. The van der Waals surface area contributed by atoms with E-state index in [9.17, 15) is 15.2 Å². The molecule has 4 nitrogen and oxygen atoms in total. The predicted octanol–water partition coefficient (Wildman–Crippen LogP) is 3.65. The summed E-state index contributed by atoms with van der Waals surface area (Å²) in [4.78, 5) is 10.4. The molecule has 0 amide bonds. The van der Waals surface area contributed by atoms with Gasteiger partial charge < -0.3 is 5.11 Å². The number of nitro groups is 1. The van der Waals surface area contributed by atoms with Crippen LogP contribution in [0, 0.1) is 10.1 Å². The SMILES string of the molecule is O=[N+]([O-])c1cccc(O)c1C=C1CCCCC1. The standard InChI is InChI=1S/C13H15NO3/c15-13-8-4-7-12(14(16)17)11(13)9-10-5-2-1-3-6-10/h4,7-9,15H,1-3,5-6H2. The van der Waals surface area contributed by atoms with Gasteiger partial charge in [-0.1, -0.05) is 18.1 Å². The Labute approximate surface area is 99.7 Å². The number of phenols is 1. The van der Waals surface area contributed by atoms with E-state index in [0.29, 0.717) is 5.56 Å². The average molecular weight is 233 g/mol. The van der Waals surface area contributed by atoms with Crippen molar-refractivity contribution >= 4 is 11.8 Å². The third-order valence-corrected chi connectivity index (χ3v) is 3.10. The summed E-state index contributed by atoms with van der Waals surface area (Å²) in [6.45, 7) is 0. The van der Waals surface area contributed by atoms with E-state index in [2.05, 4.69) is 0 Å².